The van der Waals surface area contributed by atoms with Crippen molar-refractivity contribution >= 4 is 17.2 Å². The van der Waals surface area contributed by atoms with Crippen LogP contribution in [0.15, 0.2) is 48.8 Å². The molecular weight excluding hydrogens is 294 g/mol. The van der Waals surface area contributed by atoms with Gasteiger partial charge in [-0.05, 0) is 30.3 Å². The Morgan fingerprint density at radius 3 is 2.96 bits per heavy atom. The largest absolute Gasteiger partial charge is 0.496 e. The summed E-state index contributed by atoms with van der Waals surface area (Å²) in [5.74, 6) is 0.424. The minimum absolute atomic E-state index is 0.153. The lowest BCUT2D eigenvalue weighted by Gasteiger charge is -2.09. The fourth-order valence-corrected chi connectivity index (χ4v) is 2.42. The maximum atomic E-state index is 12.2. The summed E-state index contributed by atoms with van der Waals surface area (Å²) in [5.41, 5.74) is 2.74. The highest BCUT2D eigenvalue weighted by Gasteiger charge is 2.09. The smallest absolute Gasteiger partial charge is 0.230 e. The third kappa shape index (κ3) is 3.32. The maximum absolute atomic E-state index is 12.2. The minimum Gasteiger partial charge on any atom is -0.496 e. The van der Waals surface area contributed by atoms with E-state index in [1.165, 1.54) is 7.11 Å². The van der Waals surface area contributed by atoms with Crippen molar-refractivity contribution in [3.63, 3.8) is 0 Å². The van der Waals surface area contributed by atoms with Crippen LogP contribution in [-0.4, -0.2) is 27.5 Å². The topological polar surface area (TPSA) is 75.9 Å². The van der Waals surface area contributed by atoms with Gasteiger partial charge in [0, 0.05) is 23.6 Å². The van der Waals surface area contributed by atoms with Gasteiger partial charge in [0.25, 0.3) is 0 Å². The first-order valence-corrected chi connectivity index (χ1v) is 7.20. The van der Waals surface area contributed by atoms with Crippen LogP contribution in [0.3, 0.4) is 0 Å². The highest BCUT2D eigenvalue weighted by Crippen LogP contribution is 2.22. The quantitative estimate of drug-likeness (QED) is 0.756. The van der Waals surface area contributed by atoms with E-state index in [0.717, 1.165) is 5.65 Å². The van der Waals surface area contributed by atoms with Gasteiger partial charge < -0.3 is 19.6 Å². The average molecular weight is 311 g/mol. The summed E-state index contributed by atoms with van der Waals surface area (Å²) in [7, 11) is 1.54. The van der Waals surface area contributed by atoms with Gasteiger partial charge in [-0.2, -0.15) is 0 Å². The molecule has 118 valence electrons. The molecule has 0 fully saturated rings. The molecule has 1 amide bonds. The number of fused-ring (bicyclic) bond motifs is 1. The standard InChI is InChI=1S/C17H17N3O3/c1-23-15-6-5-13(8-12(15)11-21)19-17(22)9-14-10-20-7-3-2-4-16(20)18-14/h2-8,10,21H,9,11H2,1H3,(H,19,22). The van der Waals surface area contributed by atoms with E-state index in [2.05, 4.69) is 10.3 Å². The molecule has 0 aliphatic rings. The molecule has 0 aliphatic carbocycles. The number of hydrogen-bond acceptors (Lipinski definition) is 4. The number of methoxy groups -OCH3 is 1. The molecule has 0 saturated carbocycles. The summed E-state index contributed by atoms with van der Waals surface area (Å²) in [6.07, 6.45) is 3.91. The molecule has 0 bridgehead atoms. The van der Waals surface area contributed by atoms with Crippen LogP contribution in [0.5, 0.6) is 5.75 Å². The van der Waals surface area contributed by atoms with Crippen LogP contribution in [0.25, 0.3) is 5.65 Å². The van der Waals surface area contributed by atoms with Gasteiger partial charge in [0.2, 0.25) is 5.91 Å². The van der Waals surface area contributed by atoms with Crippen LogP contribution in [0.1, 0.15) is 11.3 Å². The number of rotatable bonds is 5. The molecular formula is C17H17N3O3. The Hall–Kier alpha value is -2.86. The van der Waals surface area contributed by atoms with Crippen molar-refractivity contribution < 1.29 is 14.6 Å². The molecule has 0 spiro atoms. The highest BCUT2D eigenvalue weighted by atomic mass is 16.5. The van der Waals surface area contributed by atoms with Gasteiger partial charge in [0.1, 0.15) is 11.4 Å². The van der Waals surface area contributed by atoms with Crippen molar-refractivity contribution in [1.29, 1.82) is 0 Å². The number of anilines is 1. The Labute approximate surface area is 133 Å². The fraction of sp³-hybridized carbons (Fsp3) is 0.176. The van der Waals surface area contributed by atoms with E-state index in [4.69, 9.17) is 4.74 Å². The van der Waals surface area contributed by atoms with Crippen LogP contribution in [0, 0.1) is 0 Å². The molecule has 2 heterocycles. The molecule has 0 radical (unpaired) electrons. The van der Waals surface area contributed by atoms with Crippen LogP contribution in [-0.2, 0) is 17.8 Å². The molecule has 3 rings (SSSR count). The third-order valence-corrected chi connectivity index (χ3v) is 3.49. The zero-order valence-corrected chi connectivity index (χ0v) is 12.7. The van der Waals surface area contributed by atoms with Gasteiger partial charge in [-0.3, -0.25) is 4.79 Å². The summed E-state index contributed by atoms with van der Waals surface area (Å²) in [4.78, 5) is 16.6. The normalized spacial score (nSPS) is 10.7. The first-order chi connectivity index (χ1) is 11.2. The molecule has 3 aromatic rings. The van der Waals surface area contributed by atoms with E-state index in [9.17, 15) is 9.90 Å². The Morgan fingerprint density at radius 2 is 2.22 bits per heavy atom. The van der Waals surface area contributed by atoms with E-state index < -0.39 is 0 Å². The van der Waals surface area contributed by atoms with Gasteiger partial charge in [-0.1, -0.05) is 6.07 Å². The number of amides is 1. The lowest BCUT2D eigenvalue weighted by atomic mass is 10.2. The molecule has 0 aliphatic heterocycles. The van der Waals surface area contributed by atoms with E-state index in [-0.39, 0.29) is 18.9 Å². The molecule has 0 atom stereocenters. The predicted molar refractivity (Wildman–Crippen MR) is 86.4 cm³/mol. The zero-order chi connectivity index (χ0) is 16.2. The van der Waals surface area contributed by atoms with Gasteiger partial charge in [0.15, 0.2) is 0 Å². The second-order valence-corrected chi connectivity index (χ2v) is 5.11. The number of carbonyl (C=O) groups excluding carboxylic acids is 1. The van der Waals surface area contributed by atoms with Crippen molar-refractivity contribution in [2.75, 3.05) is 12.4 Å². The molecule has 2 aromatic heterocycles. The number of imidazole rings is 1. The van der Waals surface area contributed by atoms with Crippen molar-refractivity contribution in [3.8, 4) is 5.75 Å². The lowest BCUT2D eigenvalue weighted by Crippen LogP contribution is -2.14. The lowest BCUT2D eigenvalue weighted by molar-refractivity contribution is -0.115. The van der Waals surface area contributed by atoms with Gasteiger partial charge in [-0.25, -0.2) is 4.98 Å². The zero-order valence-electron chi connectivity index (χ0n) is 12.7. The van der Waals surface area contributed by atoms with E-state index >= 15 is 0 Å². The Kier molecular flexibility index (Phi) is 4.25. The van der Waals surface area contributed by atoms with Crippen molar-refractivity contribution in [2.24, 2.45) is 0 Å². The second-order valence-electron chi connectivity index (χ2n) is 5.11. The number of aliphatic hydroxyl groups is 1. The van der Waals surface area contributed by atoms with E-state index in [0.29, 0.717) is 22.7 Å². The molecule has 1 aromatic carbocycles. The van der Waals surface area contributed by atoms with Crippen molar-refractivity contribution in [1.82, 2.24) is 9.38 Å². The summed E-state index contributed by atoms with van der Waals surface area (Å²) >= 11 is 0. The van der Waals surface area contributed by atoms with Crippen molar-refractivity contribution in [3.05, 3.63) is 60.0 Å². The number of nitrogens with zero attached hydrogens (tertiary/aromatic N) is 2. The summed E-state index contributed by atoms with van der Waals surface area (Å²) in [5, 5.41) is 12.1. The SMILES string of the molecule is COc1ccc(NC(=O)Cc2cn3ccccc3n2)cc1CO. The van der Waals surface area contributed by atoms with E-state index in [1.54, 1.807) is 18.2 Å². The Morgan fingerprint density at radius 1 is 1.35 bits per heavy atom. The molecule has 2 N–H and O–H groups in total. The third-order valence-electron chi connectivity index (χ3n) is 3.49. The first-order valence-electron chi connectivity index (χ1n) is 7.20. The summed E-state index contributed by atoms with van der Waals surface area (Å²) in [6, 6.07) is 10.8. The van der Waals surface area contributed by atoms with Crippen molar-refractivity contribution in [2.45, 2.75) is 13.0 Å². The maximum Gasteiger partial charge on any atom is 0.230 e. The van der Waals surface area contributed by atoms with Gasteiger partial charge in [0.05, 0.1) is 25.8 Å². The monoisotopic (exact) mass is 311 g/mol. The van der Waals surface area contributed by atoms with E-state index in [1.807, 2.05) is 35.0 Å². The van der Waals surface area contributed by atoms with Crippen LogP contribution < -0.4 is 10.1 Å². The first kappa shape index (κ1) is 15.1. The minimum atomic E-state index is -0.164. The van der Waals surface area contributed by atoms with Crippen LogP contribution in [0.2, 0.25) is 0 Å². The molecule has 0 saturated heterocycles. The van der Waals surface area contributed by atoms with Crippen LogP contribution >= 0.6 is 0 Å². The fourth-order valence-electron chi connectivity index (χ4n) is 2.42. The number of pyridine rings is 1. The Balaban J connectivity index is 1.71. The Bertz CT molecular complexity index is 809. The number of nitrogens with one attached hydrogen (secondary N) is 1. The van der Waals surface area contributed by atoms with Crippen LogP contribution in [0.4, 0.5) is 5.69 Å². The summed E-state index contributed by atoms with van der Waals surface area (Å²) < 4.78 is 7.01. The van der Waals surface area contributed by atoms with Gasteiger partial charge >= 0.3 is 0 Å². The predicted octanol–water partition coefficient (Wildman–Crippen LogP) is 2.02. The number of ether oxygens (including phenoxy) is 1. The number of hydrogen-bond donors (Lipinski definition) is 2. The number of aromatic nitrogens is 2. The highest BCUT2D eigenvalue weighted by molar-refractivity contribution is 5.92. The summed E-state index contributed by atoms with van der Waals surface area (Å²) in [6.45, 7) is -0.153. The molecule has 23 heavy (non-hydrogen) atoms. The molecule has 6 heteroatoms. The number of benzene rings is 1. The average Bonchev–Trinajstić information content (AvgIpc) is 2.96. The molecule has 0 unspecified atom stereocenters. The second kappa shape index (κ2) is 6.50. The van der Waals surface area contributed by atoms with Gasteiger partial charge in [-0.15, -0.1) is 0 Å². The molecule has 6 nitrogen and oxygen atoms in total. The number of carbonyl (C=O) groups is 1. The number of aliphatic hydroxyl groups excluding tert-OH is 1.